The Morgan fingerprint density at radius 3 is 2.39 bits per heavy atom. The van der Waals surface area contributed by atoms with Crippen LogP contribution in [0.25, 0.3) is 0 Å². The van der Waals surface area contributed by atoms with E-state index in [-0.39, 0.29) is 69.4 Å². The van der Waals surface area contributed by atoms with Crippen LogP contribution < -0.4 is 10.5 Å². The summed E-state index contributed by atoms with van der Waals surface area (Å²) in [5.74, 6) is -2.30. The molecule has 9 N–H and O–H groups in total. The minimum absolute atomic E-state index is 0. The lowest BCUT2D eigenvalue weighted by atomic mass is 10.1. The van der Waals surface area contributed by atoms with Crippen molar-refractivity contribution in [2.75, 3.05) is 0 Å². The van der Waals surface area contributed by atoms with Crippen molar-refractivity contribution in [3.63, 3.8) is 0 Å². The molecule has 15 heteroatoms. The van der Waals surface area contributed by atoms with E-state index in [1.807, 2.05) is 0 Å². The van der Waals surface area contributed by atoms with Gasteiger partial charge in [0, 0.05) is 18.2 Å². The number of carbonyl (C=O) groups excluding carboxylic acids is 2. The number of pyridine rings is 1. The molecule has 158 valence electrons. The Hall–Kier alpha value is -1.48. The largest absolute Gasteiger partial charge is 0.480 e. The average molecular weight is 439 g/mol. The number of carboxylic acid groups (broad SMARTS) is 1. The molecule has 0 fully saturated rings. The van der Waals surface area contributed by atoms with Gasteiger partial charge in [-0.05, 0) is 13.3 Å². The molecule has 0 bridgehead atoms. The first-order chi connectivity index (χ1) is 11.5. The third-order valence-electron chi connectivity index (χ3n) is 3.03. The van der Waals surface area contributed by atoms with Gasteiger partial charge in [0.15, 0.2) is 12.0 Å². The standard InChI is InChI=1S/C13H17N2O9P.Mg.2H2O.2H/c1-7-12(24-11(17)3-2-10(14)13(18)19)9(5-16)8(4-15-7)6-23-25(20,21)22;;;;;/h4-5,10H,2-3,6,14H2,1H3,(H,18,19)(H2,20,21,22);;2*1H2;;/t10-;;;;;/m0...../s1. The minimum Gasteiger partial charge on any atom is -0.480 e. The first-order valence-corrected chi connectivity index (χ1v) is 8.41. The summed E-state index contributed by atoms with van der Waals surface area (Å²) in [5, 5.41) is 8.66. The van der Waals surface area contributed by atoms with E-state index in [2.05, 4.69) is 9.51 Å². The van der Waals surface area contributed by atoms with E-state index in [1.54, 1.807) is 0 Å². The number of hydrogen-bond acceptors (Lipinski definition) is 8. The predicted octanol–water partition coefficient (Wildman–Crippen LogP) is -2.66. The summed E-state index contributed by atoms with van der Waals surface area (Å²) >= 11 is 0. The van der Waals surface area contributed by atoms with Gasteiger partial charge in [-0.3, -0.25) is 23.9 Å². The Balaban J connectivity index is -0.00000208. The topological polar surface area (TPSA) is 249 Å². The predicted molar refractivity (Wildman–Crippen MR) is 97.4 cm³/mol. The van der Waals surface area contributed by atoms with Crippen molar-refractivity contribution in [3.05, 3.63) is 23.0 Å². The molecule has 0 aliphatic carbocycles. The molecule has 0 aliphatic rings. The number of esters is 1. The number of carbonyl (C=O) groups is 3. The van der Waals surface area contributed by atoms with Crippen molar-refractivity contribution in [1.82, 2.24) is 4.98 Å². The van der Waals surface area contributed by atoms with Gasteiger partial charge in [-0.15, -0.1) is 0 Å². The lowest BCUT2D eigenvalue weighted by molar-refractivity contribution is -0.139. The van der Waals surface area contributed by atoms with E-state index in [9.17, 15) is 18.9 Å². The molecule has 1 atom stereocenters. The van der Waals surface area contributed by atoms with Crippen LogP contribution in [0.3, 0.4) is 0 Å². The molecule has 1 rings (SSSR count). The van der Waals surface area contributed by atoms with Gasteiger partial charge < -0.3 is 36.3 Å². The third kappa shape index (κ3) is 10.2. The van der Waals surface area contributed by atoms with Crippen LogP contribution in [0.15, 0.2) is 6.20 Å². The minimum atomic E-state index is -4.77. The van der Waals surface area contributed by atoms with Gasteiger partial charge in [0.2, 0.25) is 0 Å². The van der Waals surface area contributed by atoms with Gasteiger partial charge >= 0.3 is 42.8 Å². The lowest BCUT2D eigenvalue weighted by Crippen LogP contribution is -2.31. The smallest absolute Gasteiger partial charge is 0.469 e. The van der Waals surface area contributed by atoms with E-state index in [4.69, 9.17) is 25.4 Å². The molecule has 0 amide bonds. The molecule has 28 heavy (non-hydrogen) atoms. The fourth-order valence-corrected chi connectivity index (χ4v) is 2.04. The van der Waals surface area contributed by atoms with Gasteiger partial charge in [-0.2, -0.15) is 0 Å². The molecule has 0 aromatic carbocycles. The van der Waals surface area contributed by atoms with Crippen LogP contribution in [0.2, 0.25) is 0 Å². The van der Waals surface area contributed by atoms with E-state index in [0.717, 1.165) is 6.20 Å². The number of nitrogens with two attached hydrogens (primary N) is 1. The number of aromatic nitrogens is 1. The molecule has 0 saturated heterocycles. The van der Waals surface area contributed by atoms with Crippen molar-refractivity contribution in [3.8, 4) is 5.75 Å². The zero-order valence-electron chi connectivity index (χ0n) is 14.1. The highest BCUT2D eigenvalue weighted by molar-refractivity contribution is 7.46. The van der Waals surface area contributed by atoms with E-state index in [0.29, 0.717) is 6.29 Å². The summed E-state index contributed by atoms with van der Waals surface area (Å²) in [5.41, 5.74) is 5.31. The lowest BCUT2D eigenvalue weighted by Gasteiger charge is -2.13. The maximum Gasteiger partial charge on any atom is 0.469 e. The number of nitrogens with zero attached hydrogens (tertiary/aromatic N) is 1. The Labute approximate surface area is 175 Å². The van der Waals surface area contributed by atoms with Gasteiger partial charge in [-0.1, -0.05) is 0 Å². The molecule has 1 aromatic rings. The summed E-state index contributed by atoms with van der Waals surface area (Å²) < 4.78 is 20.1. The summed E-state index contributed by atoms with van der Waals surface area (Å²) in [4.78, 5) is 55.0. The zero-order valence-corrected chi connectivity index (χ0v) is 15.0. The highest BCUT2D eigenvalue weighted by Crippen LogP contribution is 2.37. The van der Waals surface area contributed by atoms with Crippen molar-refractivity contribution in [2.45, 2.75) is 32.4 Å². The molecular formula is C13H23MgN2O11P. The fourth-order valence-electron chi connectivity index (χ4n) is 1.73. The highest BCUT2D eigenvalue weighted by atomic mass is 31.2. The number of phosphoric acid groups is 1. The molecule has 0 radical (unpaired) electrons. The number of aryl methyl sites for hydroxylation is 1. The van der Waals surface area contributed by atoms with Crippen LogP contribution in [-0.2, 0) is 25.3 Å². The Kier molecular flexibility index (Phi) is 15.2. The van der Waals surface area contributed by atoms with Crippen molar-refractivity contribution in [1.29, 1.82) is 0 Å². The number of ether oxygens (including phenoxy) is 1. The SMILES string of the molecule is Cc1ncc(COP(=O)(O)O)c(C=O)c1OC(=O)CC[C@H](N)C(=O)O.O.O.[MgH2]. The molecule has 0 saturated carbocycles. The molecular weight excluding hydrogens is 415 g/mol. The number of phosphoric ester groups is 1. The van der Waals surface area contributed by atoms with Crippen LogP contribution in [0.4, 0.5) is 0 Å². The summed E-state index contributed by atoms with van der Waals surface area (Å²) in [6, 6.07) is -1.24. The summed E-state index contributed by atoms with van der Waals surface area (Å²) in [6.45, 7) is 0.826. The quantitative estimate of drug-likeness (QED) is 0.134. The van der Waals surface area contributed by atoms with Crippen molar-refractivity contribution in [2.24, 2.45) is 5.73 Å². The molecule has 0 aliphatic heterocycles. The van der Waals surface area contributed by atoms with Crippen LogP contribution >= 0.6 is 7.82 Å². The maximum atomic E-state index is 11.8. The van der Waals surface area contributed by atoms with Gasteiger partial charge in [0.1, 0.15) is 6.04 Å². The Bertz CT molecular complexity index is 725. The average Bonchev–Trinajstić information content (AvgIpc) is 2.52. The van der Waals surface area contributed by atoms with E-state index in [1.165, 1.54) is 6.92 Å². The third-order valence-corrected chi connectivity index (χ3v) is 3.50. The number of rotatable bonds is 9. The number of carboxylic acids is 1. The van der Waals surface area contributed by atoms with Crippen molar-refractivity contribution >= 4 is 49.1 Å². The van der Waals surface area contributed by atoms with Crippen LogP contribution in [0.1, 0.15) is 34.5 Å². The summed E-state index contributed by atoms with van der Waals surface area (Å²) in [6.07, 6.45) is 1.01. The number of aliphatic carboxylic acids is 1. The highest BCUT2D eigenvalue weighted by Gasteiger charge is 2.21. The second-order valence-corrected chi connectivity index (χ2v) is 6.19. The van der Waals surface area contributed by atoms with Gasteiger partial charge in [0.05, 0.1) is 17.9 Å². The Morgan fingerprint density at radius 1 is 1.36 bits per heavy atom. The zero-order chi connectivity index (χ0) is 19.2. The molecule has 13 nitrogen and oxygen atoms in total. The van der Waals surface area contributed by atoms with E-state index < -0.39 is 32.4 Å². The normalized spacial score (nSPS) is 11.1. The molecule has 0 spiro atoms. The number of aldehydes is 1. The monoisotopic (exact) mass is 438 g/mol. The van der Waals surface area contributed by atoms with Crippen LogP contribution in [0.5, 0.6) is 5.75 Å². The van der Waals surface area contributed by atoms with E-state index >= 15 is 0 Å². The van der Waals surface area contributed by atoms with Crippen molar-refractivity contribution < 1.29 is 54.1 Å². The second-order valence-electron chi connectivity index (χ2n) is 4.95. The van der Waals surface area contributed by atoms with Gasteiger partial charge in [-0.25, -0.2) is 4.57 Å². The molecule has 1 heterocycles. The Morgan fingerprint density at radius 2 is 1.93 bits per heavy atom. The number of hydrogen-bond donors (Lipinski definition) is 4. The first kappa shape index (κ1) is 31.2. The van der Waals surface area contributed by atoms with Crippen LogP contribution in [0, 0.1) is 6.92 Å². The summed E-state index contributed by atoms with van der Waals surface area (Å²) in [7, 11) is -4.77. The first-order valence-electron chi connectivity index (χ1n) is 6.88. The molecule has 1 aromatic heterocycles. The maximum absolute atomic E-state index is 11.8. The fraction of sp³-hybridized carbons (Fsp3) is 0.385. The van der Waals surface area contributed by atoms with Crippen LogP contribution in [-0.4, -0.2) is 78.1 Å². The van der Waals surface area contributed by atoms with Gasteiger partial charge in [0.25, 0.3) is 0 Å². The second kappa shape index (κ2) is 13.7. The molecule has 0 unspecified atom stereocenters.